The Kier molecular flexibility index (Phi) is 7.63. The normalized spacial score (nSPS) is 16.9. The summed E-state index contributed by atoms with van der Waals surface area (Å²) in [4.78, 5) is 38.5. The van der Waals surface area contributed by atoms with Gasteiger partial charge in [0.15, 0.2) is 0 Å². The molecule has 2 aromatic carbocycles. The zero-order valence-electron chi connectivity index (χ0n) is 20.0. The molecule has 1 aliphatic rings. The molecular formula is C27H31N3O5. The highest BCUT2D eigenvalue weighted by molar-refractivity contribution is 6.00. The Morgan fingerprint density at radius 3 is 2.57 bits per heavy atom. The molecule has 0 fully saturated rings. The second-order valence-corrected chi connectivity index (χ2v) is 8.75. The second-order valence-electron chi connectivity index (χ2n) is 8.75. The number of ether oxygens (including phenoxy) is 1. The highest BCUT2D eigenvalue weighted by atomic mass is 16.5. The van der Waals surface area contributed by atoms with E-state index in [0.717, 1.165) is 16.5 Å². The maximum absolute atomic E-state index is 13.8. The number of carboxylic acids is 1. The Hall–Kier alpha value is -3.49. The molecule has 0 bridgehead atoms. The molecule has 1 aliphatic heterocycles. The van der Waals surface area contributed by atoms with Crippen LogP contribution in [0.25, 0.3) is 10.9 Å². The maximum Gasteiger partial charge on any atom is 0.326 e. The summed E-state index contributed by atoms with van der Waals surface area (Å²) in [5.74, 6) is -1.75. The van der Waals surface area contributed by atoms with Gasteiger partial charge in [0, 0.05) is 11.9 Å². The Morgan fingerprint density at radius 2 is 1.86 bits per heavy atom. The quantitative estimate of drug-likeness (QED) is 0.406. The van der Waals surface area contributed by atoms with Crippen LogP contribution in [0, 0.1) is 0 Å². The molecule has 0 saturated heterocycles. The number of para-hydroxylation sites is 1. The lowest BCUT2D eigenvalue weighted by Crippen LogP contribution is -2.48. The minimum Gasteiger partial charge on any atom is -0.480 e. The molecule has 0 amide bonds. The molecule has 184 valence electrons. The molecular weight excluding hydrogens is 446 g/mol. The lowest BCUT2D eigenvalue weighted by Gasteiger charge is -2.26. The molecule has 0 aliphatic carbocycles. The van der Waals surface area contributed by atoms with E-state index in [2.05, 4.69) is 10.6 Å². The van der Waals surface area contributed by atoms with Gasteiger partial charge in [-0.25, -0.2) is 0 Å². The predicted octanol–water partition coefficient (Wildman–Crippen LogP) is 3.10. The van der Waals surface area contributed by atoms with E-state index in [0.29, 0.717) is 37.0 Å². The molecule has 8 nitrogen and oxygen atoms in total. The van der Waals surface area contributed by atoms with E-state index in [-0.39, 0.29) is 12.5 Å². The third-order valence-corrected chi connectivity index (χ3v) is 6.44. The molecule has 3 N–H and O–H groups in total. The Morgan fingerprint density at radius 1 is 1.14 bits per heavy atom. The number of fused-ring (bicyclic) bond motifs is 3. The van der Waals surface area contributed by atoms with Gasteiger partial charge in [-0.05, 0) is 50.3 Å². The fourth-order valence-corrected chi connectivity index (χ4v) is 4.81. The van der Waals surface area contributed by atoms with Crippen LogP contribution in [0.2, 0.25) is 0 Å². The number of benzene rings is 2. The van der Waals surface area contributed by atoms with Gasteiger partial charge in [-0.15, -0.1) is 0 Å². The minimum absolute atomic E-state index is 0.242. The summed E-state index contributed by atoms with van der Waals surface area (Å²) >= 11 is 0. The summed E-state index contributed by atoms with van der Waals surface area (Å²) in [7, 11) is 0. The molecule has 2 unspecified atom stereocenters. The number of hydrogen-bond donors (Lipinski definition) is 3. The highest BCUT2D eigenvalue weighted by Crippen LogP contribution is 2.33. The molecule has 0 spiro atoms. The number of carboxylic acid groups (broad SMARTS) is 1. The molecule has 8 heteroatoms. The van der Waals surface area contributed by atoms with Crippen molar-refractivity contribution in [1.29, 1.82) is 0 Å². The summed E-state index contributed by atoms with van der Waals surface area (Å²) < 4.78 is 6.77. The van der Waals surface area contributed by atoms with Crippen molar-refractivity contribution in [3.05, 3.63) is 71.4 Å². The highest BCUT2D eigenvalue weighted by Gasteiger charge is 2.35. The number of nitrogens with one attached hydrogen (secondary N) is 2. The first-order valence-corrected chi connectivity index (χ1v) is 12.0. The smallest absolute Gasteiger partial charge is 0.326 e. The van der Waals surface area contributed by atoms with Crippen LogP contribution in [0.3, 0.4) is 0 Å². The average Bonchev–Trinajstić information content (AvgIpc) is 3.21. The van der Waals surface area contributed by atoms with Crippen molar-refractivity contribution in [2.45, 2.75) is 51.2 Å². The number of aliphatic carboxylic acids is 1. The average molecular weight is 478 g/mol. The van der Waals surface area contributed by atoms with Crippen molar-refractivity contribution in [2.24, 2.45) is 0 Å². The molecule has 0 saturated carbocycles. The van der Waals surface area contributed by atoms with Crippen LogP contribution in [0.1, 0.15) is 47.9 Å². The van der Waals surface area contributed by atoms with Crippen molar-refractivity contribution in [1.82, 2.24) is 15.2 Å². The van der Waals surface area contributed by atoms with Crippen LogP contribution in [0.4, 0.5) is 0 Å². The zero-order valence-corrected chi connectivity index (χ0v) is 20.0. The van der Waals surface area contributed by atoms with Crippen LogP contribution in [0.15, 0.2) is 54.6 Å². The summed E-state index contributed by atoms with van der Waals surface area (Å²) in [6.45, 7) is 4.21. The number of carbonyl (C=O) groups excluding carboxylic acids is 2. The summed E-state index contributed by atoms with van der Waals surface area (Å²) in [6, 6.07) is 14.9. The number of rotatable bonds is 9. The van der Waals surface area contributed by atoms with Crippen LogP contribution >= 0.6 is 0 Å². The fourth-order valence-electron chi connectivity index (χ4n) is 4.81. The predicted molar refractivity (Wildman–Crippen MR) is 132 cm³/mol. The number of esters is 1. The number of aromatic nitrogens is 1. The van der Waals surface area contributed by atoms with Gasteiger partial charge < -0.3 is 9.84 Å². The van der Waals surface area contributed by atoms with Gasteiger partial charge in [0.1, 0.15) is 12.1 Å². The van der Waals surface area contributed by atoms with E-state index in [1.165, 1.54) is 4.57 Å². The molecule has 4 rings (SSSR count). The van der Waals surface area contributed by atoms with Crippen LogP contribution in [-0.2, 0) is 27.2 Å². The number of aryl methyl sites for hydroxylation is 1. The molecule has 2 heterocycles. The molecule has 3 aromatic rings. The van der Waals surface area contributed by atoms with Crippen molar-refractivity contribution < 1.29 is 24.2 Å². The molecule has 0 radical (unpaired) electrons. The lowest BCUT2D eigenvalue weighted by molar-refractivity contribution is -0.146. The van der Waals surface area contributed by atoms with Crippen molar-refractivity contribution in [3.8, 4) is 0 Å². The van der Waals surface area contributed by atoms with Gasteiger partial charge in [-0.2, -0.15) is 0 Å². The topological polar surface area (TPSA) is 110 Å². The van der Waals surface area contributed by atoms with E-state index in [1.54, 1.807) is 13.8 Å². The van der Waals surface area contributed by atoms with Gasteiger partial charge in [0.05, 0.1) is 23.9 Å². The Labute approximate surface area is 204 Å². The van der Waals surface area contributed by atoms with Crippen molar-refractivity contribution in [3.63, 3.8) is 0 Å². The Balaban J connectivity index is 1.64. The number of carbonyl (C=O) groups is 3. The van der Waals surface area contributed by atoms with Gasteiger partial charge in [0.25, 0.3) is 0 Å². The molecule has 35 heavy (non-hydrogen) atoms. The maximum atomic E-state index is 13.8. The standard InChI is InChI=1S/C27H31N3O5/c1-3-35-27(34)21(14-13-18-9-5-4-6-10-18)29-17(2)25(31)30-22-12-8-7-11-19(22)20-15-16-28-23(24(20)30)26(32)33/h4-12,17,21,23,28-29H,3,13-16H2,1-2H3,(H,32,33)/t17-,21?,23?/m0/s1. The molecule has 1 aromatic heterocycles. The monoisotopic (exact) mass is 477 g/mol. The van der Waals surface area contributed by atoms with Crippen molar-refractivity contribution in [2.75, 3.05) is 13.2 Å². The SMILES string of the molecule is CCOC(=O)C(CCc1ccccc1)N[C@@H](C)C(=O)n1c2c(c3ccccc31)CCNC2C(=O)O. The minimum atomic E-state index is -1.03. The summed E-state index contributed by atoms with van der Waals surface area (Å²) in [6.07, 6.45) is 1.74. The number of hydrogen-bond acceptors (Lipinski definition) is 6. The van der Waals surface area contributed by atoms with Crippen LogP contribution in [-0.4, -0.2) is 52.8 Å². The van der Waals surface area contributed by atoms with Crippen molar-refractivity contribution >= 4 is 28.7 Å². The number of nitrogens with zero attached hydrogens (tertiary/aromatic N) is 1. The Bertz CT molecular complexity index is 1220. The van der Waals surface area contributed by atoms with Gasteiger partial charge in [-0.3, -0.25) is 29.6 Å². The largest absolute Gasteiger partial charge is 0.480 e. The second kappa shape index (κ2) is 10.8. The van der Waals surface area contributed by atoms with Gasteiger partial charge in [0.2, 0.25) is 5.91 Å². The zero-order chi connectivity index (χ0) is 24.9. The first-order valence-electron chi connectivity index (χ1n) is 12.0. The van der Waals surface area contributed by atoms with E-state index in [9.17, 15) is 19.5 Å². The van der Waals surface area contributed by atoms with E-state index >= 15 is 0 Å². The fraction of sp³-hybridized carbons (Fsp3) is 0.370. The lowest BCUT2D eigenvalue weighted by atomic mass is 9.99. The van der Waals surface area contributed by atoms with Crippen LogP contribution in [0.5, 0.6) is 0 Å². The van der Waals surface area contributed by atoms with E-state index < -0.39 is 30.1 Å². The first kappa shape index (κ1) is 24.6. The summed E-state index contributed by atoms with van der Waals surface area (Å²) in [5, 5.41) is 16.9. The van der Waals surface area contributed by atoms with E-state index in [1.807, 2.05) is 54.6 Å². The summed E-state index contributed by atoms with van der Waals surface area (Å²) in [5.41, 5.74) is 3.09. The van der Waals surface area contributed by atoms with Gasteiger partial charge >= 0.3 is 11.9 Å². The van der Waals surface area contributed by atoms with Gasteiger partial charge in [-0.1, -0.05) is 48.5 Å². The third kappa shape index (κ3) is 5.13. The third-order valence-electron chi connectivity index (χ3n) is 6.44. The first-order chi connectivity index (χ1) is 16.9. The van der Waals surface area contributed by atoms with Crippen LogP contribution < -0.4 is 10.6 Å². The van der Waals surface area contributed by atoms with E-state index in [4.69, 9.17) is 4.74 Å². The molecule has 3 atom stereocenters.